The van der Waals surface area contributed by atoms with Crippen LogP contribution in [0.2, 0.25) is 0 Å². The molecule has 3 rings (SSSR count). The first-order valence-electron chi connectivity index (χ1n) is 7.65. The highest BCUT2D eigenvalue weighted by Gasteiger charge is 2.46. The summed E-state index contributed by atoms with van der Waals surface area (Å²) in [7, 11) is 0. The monoisotopic (exact) mass is 348 g/mol. The van der Waals surface area contributed by atoms with Gasteiger partial charge in [0.1, 0.15) is 5.82 Å². The van der Waals surface area contributed by atoms with Crippen LogP contribution in [0.5, 0.6) is 0 Å². The van der Waals surface area contributed by atoms with Gasteiger partial charge in [0.15, 0.2) is 5.17 Å². The minimum absolute atomic E-state index is 0.151. The molecule has 0 spiro atoms. The van der Waals surface area contributed by atoms with Crippen LogP contribution in [-0.4, -0.2) is 33.8 Å². The van der Waals surface area contributed by atoms with Crippen molar-refractivity contribution in [3.05, 3.63) is 46.9 Å². The van der Waals surface area contributed by atoms with Gasteiger partial charge in [0.2, 0.25) is 5.91 Å². The molecule has 1 aromatic carbocycles. The van der Waals surface area contributed by atoms with Crippen molar-refractivity contribution in [2.24, 2.45) is 4.99 Å². The fourth-order valence-corrected chi connectivity index (χ4v) is 3.89. The number of aliphatic imine (C=N–C) groups is 1. The number of amidine groups is 1. The van der Waals surface area contributed by atoms with E-state index in [1.807, 2.05) is 0 Å². The number of thioether (sulfide) groups is 1. The number of fused-ring (bicyclic) bond motifs is 1. The summed E-state index contributed by atoms with van der Waals surface area (Å²) in [5.41, 5.74) is 1.28. The van der Waals surface area contributed by atoms with Gasteiger partial charge in [-0.2, -0.15) is 0 Å². The summed E-state index contributed by atoms with van der Waals surface area (Å²) in [4.78, 5) is 30.9. The van der Waals surface area contributed by atoms with Gasteiger partial charge in [0.05, 0.1) is 29.2 Å². The molecule has 2 heterocycles. The number of halogens is 1. The van der Waals surface area contributed by atoms with Gasteiger partial charge < -0.3 is 4.74 Å². The molecule has 0 unspecified atom stereocenters. The number of amides is 1. The van der Waals surface area contributed by atoms with Crippen molar-refractivity contribution in [2.45, 2.75) is 32.1 Å². The van der Waals surface area contributed by atoms with Crippen molar-refractivity contribution < 1.29 is 18.7 Å². The fourth-order valence-electron chi connectivity index (χ4n) is 2.86. The molecule has 0 bridgehead atoms. The maximum Gasteiger partial charge on any atom is 0.338 e. The highest BCUT2D eigenvalue weighted by Crippen LogP contribution is 2.43. The smallest absolute Gasteiger partial charge is 0.338 e. The van der Waals surface area contributed by atoms with Gasteiger partial charge >= 0.3 is 5.97 Å². The van der Waals surface area contributed by atoms with Crippen LogP contribution in [0.25, 0.3) is 0 Å². The summed E-state index contributed by atoms with van der Waals surface area (Å²) >= 11 is 1.34. The molecular weight excluding hydrogens is 331 g/mol. The number of ether oxygens (including phenoxy) is 1. The van der Waals surface area contributed by atoms with E-state index in [1.165, 1.54) is 28.8 Å². The quantitative estimate of drug-likeness (QED) is 0.788. The predicted molar refractivity (Wildman–Crippen MR) is 89.8 cm³/mol. The standard InChI is InChI=1S/C17H17FN2O3S/c1-4-23-16(22)13-9(2)19-17-20(15(21)10(3)24-17)14(13)11-6-5-7-12(18)8-11/h5-8,10,14H,4H2,1-3H3/t10-,14+/m1/s1. The van der Waals surface area contributed by atoms with Crippen LogP contribution in [0.3, 0.4) is 0 Å². The van der Waals surface area contributed by atoms with Crippen LogP contribution in [0.1, 0.15) is 32.4 Å². The van der Waals surface area contributed by atoms with Crippen LogP contribution in [-0.2, 0) is 14.3 Å². The van der Waals surface area contributed by atoms with Gasteiger partial charge in [-0.3, -0.25) is 9.69 Å². The van der Waals surface area contributed by atoms with Crippen molar-refractivity contribution in [2.75, 3.05) is 6.61 Å². The molecule has 2 atom stereocenters. The lowest BCUT2D eigenvalue weighted by molar-refractivity contribution is -0.139. The molecular formula is C17H17FN2O3S. The van der Waals surface area contributed by atoms with E-state index >= 15 is 0 Å². The van der Waals surface area contributed by atoms with Gasteiger partial charge in [-0.1, -0.05) is 23.9 Å². The highest BCUT2D eigenvalue weighted by atomic mass is 32.2. The van der Waals surface area contributed by atoms with Gasteiger partial charge in [-0.15, -0.1) is 0 Å². The second kappa shape index (κ2) is 6.39. The molecule has 126 valence electrons. The van der Waals surface area contributed by atoms with E-state index in [9.17, 15) is 14.0 Å². The average Bonchev–Trinajstić information content (AvgIpc) is 2.80. The van der Waals surface area contributed by atoms with Crippen molar-refractivity contribution >= 4 is 28.8 Å². The molecule has 1 saturated heterocycles. The van der Waals surface area contributed by atoms with Gasteiger partial charge in [0.25, 0.3) is 0 Å². The van der Waals surface area contributed by atoms with Crippen molar-refractivity contribution in [1.82, 2.24) is 4.90 Å². The van der Waals surface area contributed by atoms with E-state index in [0.717, 1.165) is 0 Å². The highest BCUT2D eigenvalue weighted by molar-refractivity contribution is 8.15. The third-order valence-electron chi connectivity index (χ3n) is 3.92. The number of esters is 1. The molecule has 2 aliphatic rings. The maximum absolute atomic E-state index is 13.7. The largest absolute Gasteiger partial charge is 0.463 e. The summed E-state index contributed by atoms with van der Waals surface area (Å²) in [5, 5.41) is 0.237. The Morgan fingerprint density at radius 1 is 1.46 bits per heavy atom. The third-order valence-corrected chi connectivity index (χ3v) is 4.97. The molecule has 5 nitrogen and oxygen atoms in total. The summed E-state index contributed by atoms with van der Waals surface area (Å²) in [5.74, 6) is -1.11. The van der Waals surface area contributed by atoms with Crippen LogP contribution < -0.4 is 0 Å². The molecule has 0 radical (unpaired) electrons. The first-order valence-corrected chi connectivity index (χ1v) is 8.53. The molecule has 2 aliphatic heterocycles. The Hall–Kier alpha value is -2.15. The Kier molecular flexibility index (Phi) is 4.45. The van der Waals surface area contributed by atoms with Crippen LogP contribution in [0.4, 0.5) is 4.39 Å². The number of hydrogen-bond acceptors (Lipinski definition) is 5. The zero-order valence-electron chi connectivity index (χ0n) is 13.6. The molecule has 1 aromatic rings. The Morgan fingerprint density at radius 3 is 2.88 bits per heavy atom. The summed E-state index contributed by atoms with van der Waals surface area (Å²) in [6.07, 6.45) is 0. The Balaban J connectivity index is 2.16. The first-order chi connectivity index (χ1) is 11.4. The zero-order valence-corrected chi connectivity index (χ0v) is 14.4. The lowest BCUT2D eigenvalue weighted by atomic mass is 9.94. The molecule has 7 heteroatoms. The number of carbonyl (C=O) groups excluding carboxylic acids is 2. The summed E-state index contributed by atoms with van der Waals surface area (Å²) in [6, 6.07) is 5.19. The molecule has 1 fully saturated rings. The topological polar surface area (TPSA) is 59.0 Å². The Bertz CT molecular complexity index is 775. The number of benzene rings is 1. The SMILES string of the molecule is CCOC(=O)C1=C(C)N=C2S[C@H](C)C(=O)N2[C@H]1c1cccc(F)c1. The third kappa shape index (κ3) is 2.73. The Morgan fingerprint density at radius 2 is 2.21 bits per heavy atom. The van der Waals surface area contributed by atoms with Gasteiger partial charge in [-0.25, -0.2) is 14.2 Å². The second-order valence-electron chi connectivity index (χ2n) is 5.54. The normalized spacial score (nSPS) is 23.2. The van der Waals surface area contributed by atoms with E-state index in [2.05, 4.69) is 4.99 Å². The predicted octanol–water partition coefficient (Wildman–Crippen LogP) is 3.04. The molecule has 0 saturated carbocycles. The van der Waals surface area contributed by atoms with E-state index < -0.39 is 17.8 Å². The zero-order chi connectivity index (χ0) is 17.4. The number of rotatable bonds is 3. The number of allylic oxidation sites excluding steroid dienone is 1. The van der Waals surface area contributed by atoms with Crippen LogP contribution in [0.15, 0.2) is 40.5 Å². The molecule has 0 N–H and O–H groups in total. The van der Waals surface area contributed by atoms with Crippen LogP contribution >= 0.6 is 11.8 Å². The van der Waals surface area contributed by atoms with E-state index in [-0.39, 0.29) is 23.3 Å². The molecule has 24 heavy (non-hydrogen) atoms. The summed E-state index contributed by atoms with van der Waals surface area (Å²) in [6.45, 7) is 5.41. The first kappa shape index (κ1) is 16.7. The van der Waals surface area contributed by atoms with Crippen molar-refractivity contribution in [3.63, 3.8) is 0 Å². The van der Waals surface area contributed by atoms with E-state index in [0.29, 0.717) is 16.4 Å². The Labute approximate surface area is 143 Å². The van der Waals surface area contributed by atoms with Crippen molar-refractivity contribution in [1.29, 1.82) is 0 Å². The van der Waals surface area contributed by atoms with Crippen molar-refractivity contribution in [3.8, 4) is 0 Å². The summed E-state index contributed by atoms with van der Waals surface area (Å²) < 4.78 is 18.9. The maximum atomic E-state index is 13.7. The molecule has 0 aliphatic carbocycles. The average molecular weight is 348 g/mol. The number of carbonyl (C=O) groups is 2. The minimum atomic E-state index is -0.725. The van der Waals surface area contributed by atoms with E-state index in [4.69, 9.17) is 4.74 Å². The minimum Gasteiger partial charge on any atom is -0.463 e. The lowest BCUT2D eigenvalue weighted by Gasteiger charge is -2.33. The lowest BCUT2D eigenvalue weighted by Crippen LogP contribution is -2.40. The number of hydrogen-bond donors (Lipinski definition) is 0. The second-order valence-corrected chi connectivity index (χ2v) is 6.85. The van der Waals surface area contributed by atoms with Gasteiger partial charge in [0, 0.05) is 0 Å². The number of nitrogens with zero attached hydrogens (tertiary/aromatic N) is 2. The molecule has 0 aromatic heterocycles. The van der Waals surface area contributed by atoms with Gasteiger partial charge in [-0.05, 0) is 38.5 Å². The fraction of sp³-hybridized carbons (Fsp3) is 0.353. The van der Waals surface area contributed by atoms with E-state index in [1.54, 1.807) is 32.9 Å². The van der Waals surface area contributed by atoms with Crippen LogP contribution in [0, 0.1) is 5.82 Å². The molecule has 1 amide bonds.